The van der Waals surface area contributed by atoms with Crippen molar-refractivity contribution in [3.05, 3.63) is 46.5 Å². The molecule has 0 unspecified atom stereocenters. The minimum atomic E-state index is -0.463. The summed E-state index contributed by atoms with van der Waals surface area (Å²) in [4.78, 5) is 15.5. The number of hydrogen-bond acceptors (Lipinski definition) is 5. The second-order valence-corrected chi connectivity index (χ2v) is 6.46. The van der Waals surface area contributed by atoms with Gasteiger partial charge in [0.05, 0.1) is 25.7 Å². The van der Waals surface area contributed by atoms with Gasteiger partial charge in [0.15, 0.2) is 11.6 Å². The van der Waals surface area contributed by atoms with Gasteiger partial charge >= 0.3 is 0 Å². The van der Waals surface area contributed by atoms with Gasteiger partial charge in [0.1, 0.15) is 6.61 Å². The quantitative estimate of drug-likeness (QED) is 0.769. The lowest BCUT2D eigenvalue weighted by Crippen LogP contribution is -2.16. The van der Waals surface area contributed by atoms with Gasteiger partial charge in [-0.25, -0.2) is 9.67 Å². The lowest BCUT2D eigenvalue weighted by molar-refractivity contribution is -0.117. The summed E-state index contributed by atoms with van der Waals surface area (Å²) in [6.07, 6.45) is 2.25. The third-order valence-corrected chi connectivity index (χ3v) is 4.18. The molecule has 1 aliphatic heterocycles. The predicted octanol–water partition coefficient (Wildman–Crippen LogP) is 1.70. The monoisotopic (exact) mass is 364 g/mol. The van der Waals surface area contributed by atoms with Crippen molar-refractivity contribution in [1.82, 2.24) is 14.8 Å². The average molecular weight is 365 g/mol. The van der Waals surface area contributed by atoms with Crippen molar-refractivity contribution >= 4 is 17.5 Å². The minimum absolute atomic E-state index is 0.00630. The highest BCUT2D eigenvalue weighted by Gasteiger charge is 2.17. The van der Waals surface area contributed by atoms with E-state index in [2.05, 4.69) is 10.1 Å². The number of carbonyl (C=O) groups is 1. The first-order valence-corrected chi connectivity index (χ1v) is 8.62. The molecule has 8 heteroatoms. The second kappa shape index (κ2) is 8.42. The van der Waals surface area contributed by atoms with Gasteiger partial charge in [-0.15, -0.1) is 0 Å². The number of carbonyl (C=O) groups excluding carboxylic acids is 1. The van der Waals surface area contributed by atoms with Crippen LogP contribution in [0.4, 0.5) is 0 Å². The average Bonchev–Trinajstić information content (AvgIpc) is 3.20. The number of primary amides is 1. The number of amides is 1. The van der Waals surface area contributed by atoms with Crippen LogP contribution in [0.5, 0.6) is 0 Å². The molecule has 3 rings (SSSR count). The van der Waals surface area contributed by atoms with Crippen LogP contribution in [0.25, 0.3) is 0 Å². The smallest absolute Gasteiger partial charge is 0.225 e. The first-order valence-electron chi connectivity index (χ1n) is 8.25. The molecule has 1 aliphatic rings. The first kappa shape index (κ1) is 17.8. The van der Waals surface area contributed by atoms with E-state index in [0.717, 1.165) is 25.0 Å². The normalized spacial score (nSPS) is 17.1. The van der Waals surface area contributed by atoms with Crippen molar-refractivity contribution < 1.29 is 14.3 Å². The van der Waals surface area contributed by atoms with Gasteiger partial charge < -0.3 is 15.2 Å². The Bertz CT molecular complexity index is 711. The zero-order valence-corrected chi connectivity index (χ0v) is 14.6. The van der Waals surface area contributed by atoms with E-state index in [-0.39, 0.29) is 12.5 Å². The molecule has 2 N–H and O–H groups in total. The van der Waals surface area contributed by atoms with Crippen LogP contribution in [0.2, 0.25) is 5.02 Å². The van der Waals surface area contributed by atoms with E-state index >= 15 is 0 Å². The molecule has 1 amide bonds. The largest absolute Gasteiger partial charge is 0.376 e. The van der Waals surface area contributed by atoms with Gasteiger partial charge in [0.2, 0.25) is 5.91 Å². The molecule has 2 aromatic rings. The Morgan fingerprint density at radius 1 is 1.40 bits per heavy atom. The molecule has 0 saturated carbocycles. The van der Waals surface area contributed by atoms with E-state index < -0.39 is 5.91 Å². The number of halogens is 1. The zero-order chi connectivity index (χ0) is 17.6. The number of benzene rings is 1. The lowest BCUT2D eigenvalue weighted by atomic mass is 10.2. The molecule has 1 atom stereocenters. The molecule has 0 spiro atoms. The Kier molecular flexibility index (Phi) is 6.01. The number of ether oxygens (including phenoxy) is 2. The van der Waals surface area contributed by atoms with Crippen LogP contribution in [-0.2, 0) is 33.8 Å². The molecule has 0 aliphatic carbocycles. The van der Waals surface area contributed by atoms with Gasteiger partial charge in [0, 0.05) is 11.6 Å². The fraction of sp³-hybridized carbons (Fsp3) is 0.471. The minimum Gasteiger partial charge on any atom is -0.376 e. The maximum absolute atomic E-state index is 11.1. The van der Waals surface area contributed by atoms with Gasteiger partial charge in [-0.1, -0.05) is 23.7 Å². The SMILES string of the molecule is NC(=O)Cc1nc(COC[C@@H]2CCCO2)n(Cc2ccc(Cl)cc2)n1. The number of nitrogens with two attached hydrogens (primary N) is 1. The van der Waals surface area contributed by atoms with Crippen LogP contribution in [-0.4, -0.2) is 40.0 Å². The fourth-order valence-corrected chi connectivity index (χ4v) is 2.84. The maximum Gasteiger partial charge on any atom is 0.225 e. The molecule has 25 heavy (non-hydrogen) atoms. The fourth-order valence-electron chi connectivity index (χ4n) is 2.71. The van der Waals surface area contributed by atoms with Gasteiger partial charge in [-0.2, -0.15) is 5.10 Å². The van der Waals surface area contributed by atoms with Crippen LogP contribution in [0.3, 0.4) is 0 Å². The molecule has 1 fully saturated rings. The highest BCUT2D eigenvalue weighted by atomic mass is 35.5. The van der Waals surface area contributed by atoms with E-state index in [0.29, 0.717) is 36.4 Å². The molecule has 1 aromatic carbocycles. The molecular formula is C17H21ClN4O3. The van der Waals surface area contributed by atoms with E-state index in [1.165, 1.54) is 0 Å². The number of aromatic nitrogens is 3. The second-order valence-electron chi connectivity index (χ2n) is 6.02. The lowest BCUT2D eigenvalue weighted by Gasteiger charge is -2.10. The van der Waals surface area contributed by atoms with E-state index in [1.54, 1.807) is 4.68 Å². The summed E-state index contributed by atoms with van der Waals surface area (Å²) in [6, 6.07) is 7.50. The number of rotatable bonds is 8. The molecule has 1 aromatic heterocycles. The van der Waals surface area contributed by atoms with Gasteiger partial charge in [-0.05, 0) is 30.5 Å². The molecule has 0 radical (unpaired) electrons. The van der Waals surface area contributed by atoms with Gasteiger partial charge in [0.25, 0.3) is 0 Å². The summed E-state index contributed by atoms with van der Waals surface area (Å²) in [5.74, 6) is 0.594. The Balaban J connectivity index is 1.68. The van der Waals surface area contributed by atoms with Crippen molar-refractivity contribution in [2.24, 2.45) is 5.73 Å². The standard InChI is InChI=1S/C17H21ClN4O3/c18-13-5-3-12(4-6-13)9-22-17(20-16(21-22)8-15(19)23)11-24-10-14-2-1-7-25-14/h3-6,14H,1-2,7-11H2,(H2,19,23)/t14-/m0/s1. The zero-order valence-electron chi connectivity index (χ0n) is 13.9. The molecule has 134 valence electrons. The van der Waals surface area contributed by atoms with E-state index in [9.17, 15) is 4.79 Å². The molecule has 0 bridgehead atoms. The highest BCUT2D eigenvalue weighted by molar-refractivity contribution is 6.30. The molecule has 2 heterocycles. The highest BCUT2D eigenvalue weighted by Crippen LogP contribution is 2.14. The van der Waals surface area contributed by atoms with Crippen LogP contribution >= 0.6 is 11.6 Å². The molecule has 7 nitrogen and oxygen atoms in total. The third-order valence-electron chi connectivity index (χ3n) is 3.93. The predicted molar refractivity (Wildman–Crippen MR) is 92.1 cm³/mol. The van der Waals surface area contributed by atoms with Crippen molar-refractivity contribution in [2.45, 2.75) is 38.5 Å². The topological polar surface area (TPSA) is 92.3 Å². The van der Waals surface area contributed by atoms with Crippen LogP contribution in [0.1, 0.15) is 30.1 Å². The Labute approximate surface area is 151 Å². The Morgan fingerprint density at radius 3 is 2.88 bits per heavy atom. The Morgan fingerprint density at radius 2 is 2.20 bits per heavy atom. The summed E-state index contributed by atoms with van der Waals surface area (Å²) >= 11 is 5.92. The van der Waals surface area contributed by atoms with E-state index in [4.69, 9.17) is 26.8 Å². The summed E-state index contributed by atoms with van der Waals surface area (Å²) < 4.78 is 13.0. The maximum atomic E-state index is 11.1. The number of hydrogen-bond donors (Lipinski definition) is 1. The molecule has 1 saturated heterocycles. The van der Waals surface area contributed by atoms with Crippen molar-refractivity contribution in [3.8, 4) is 0 Å². The molecular weight excluding hydrogens is 344 g/mol. The summed E-state index contributed by atoms with van der Waals surface area (Å²) in [5.41, 5.74) is 6.27. The van der Waals surface area contributed by atoms with Crippen molar-refractivity contribution in [2.75, 3.05) is 13.2 Å². The van der Waals surface area contributed by atoms with Crippen molar-refractivity contribution in [3.63, 3.8) is 0 Å². The summed E-state index contributed by atoms with van der Waals surface area (Å²) in [7, 11) is 0. The summed E-state index contributed by atoms with van der Waals surface area (Å²) in [5, 5.41) is 5.06. The first-order chi connectivity index (χ1) is 12.1. The summed E-state index contributed by atoms with van der Waals surface area (Å²) in [6.45, 7) is 2.14. The third kappa shape index (κ3) is 5.26. The number of nitrogens with zero attached hydrogens (tertiary/aromatic N) is 3. The van der Waals surface area contributed by atoms with Crippen LogP contribution in [0.15, 0.2) is 24.3 Å². The van der Waals surface area contributed by atoms with Crippen LogP contribution < -0.4 is 5.73 Å². The van der Waals surface area contributed by atoms with Crippen molar-refractivity contribution in [1.29, 1.82) is 0 Å². The van der Waals surface area contributed by atoms with Gasteiger partial charge in [-0.3, -0.25) is 4.79 Å². The Hall–Kier alpha value is -1.96. The van der Waals surface area contributed by atoms with E-state index in [1.807, 2.05) is 24.3 Å². The van der Waals surface area contributed by atoms with Crippen LogP contribution in [0, 0.1) is 0 Å².